The highest BCUT2D eigenvalue weighted by Crippen LogP contribution is 2.35. The minimum atomic E-state index is -0.140. The van der Waals surface area contributed by atoms with Crippen LogP contribution in [0.5, 0.6) is 11.5 Å². The molecule has 3 heterocycles. The zero-order chi connectivity index (χ0) is 18.1. The Hall–Kier alpha value is -2.70. The van der Waals surface area contributed by atoms with Crippen LogP contribution >= 0.6 is 0 Å². The molecule has 138 valence electrons. The maximum absolute atomic E-state index is 12.8. The van der Waals surface area contributed by atoms with Crippen molar-refractivity contribution in [2.45, 2.75) is 38.6 Å². The molecule has 2 aliphatic heterocycles. The summed E-state index contributed by atoms with van der Waals surface area (Å²) in [5.41, 5.74) is 1.51. The van der Waals surface area contributed by atoms with E-state index < -0.39 is 0 Å². The van der Waals surface area contributed by atoms with Gasteiger partial charge >= 0.3 is 6.03 Å². The Labute approximate surface area is 152 Å². The summed E-state index contributed by atoms with van der Waals surface area (Å²) in [6.45, 7) is 5.88. The fourth-order valence-electron chi connectivity index (χ4n) is 3.37. The highest BCUT2D eigenvalue weighted by molar-refractivity contribution is 5.90. The topological polar surface area (TPSA) is 76.8 Å². The molecule has 1 saturated heterocycles. The van der Waals surface area contributed by atoms with Crippen molar-refractivity contribution in [3.05, 3.63) is 35.7 Å². The number of hydrogen-bond donors (Lipinski definition) is 1. The monoisotopic (exact) mass is 357 g/mol. The van der Waals surface area contributed by atoms with E-state index in [1.165, 1.54) is 0 Å². The molecule has 2 amide bonds. The van der Waals surface area contributed by atoms with Gasteiger partial charge in [0, 0.05) is 30.3 Å². The third kappa shape index (κ3) is 3.21. The molecule has 1 N–H and O–H groups in total. The van der Waals surface area contributed by atoms with Gasteiger partial charge in [0.05, 0.1) is 6.04 Å². The summed E-state index contributed by atoms with van der Waals surface area (Å²) in [6, 6.07) is 7.21. The SMILES string of the molecule is CC(C)c1cc(C2CCCN2C(=O)Nc2ccc3c(c2)OCCO3)no1. The minimum absolute atomic E-state index is 0.0524. The van der Waals surface area contributed by atoms with Crippen LogP contribution in [0.25, 0.3) is 0 Å². The number of hydrogen-bond acceptors (Lipinski definition) is 5. The number of likely N-dealkylation sites (tertiary alicyclic amines) is 1. The molecule has 1 atom stereocenters. The first-order valence-electron chi connectivity index (χ1n) is 9.05. The zero-order valence-electron chi connectivity index (χ0n) is 15.0. The number of anilines is 1. The van der Waals surface area contributed by atoms with Crippen LogP contribution in [0.15, 0.2) is 28.8 Å². The molecule has 4 rings (SSSR count). The van der Waals surface area contributed by atoms with Gasteiger partial charge in [0.25, 0.3) is 0 Å². The number of nitrogens with zero attached hydrogens (tertiary/aromatic N) is 2. The Morgan fingerprint density at radius 2 is 2.04 bits per heavy atom. The predicted octanol–water partition coefficient (Wildman–Crippen LogP) is 3.94. The van der Waals surface area contributed by atoms with Crippen LogP contribution in [0.3, 0.4) is 0 Å². The van der Waals surface area contributed by atoms with Crippen LogP contribution in [0, 0.1) is 0 Å². The highest BCUT2D eigenvalue weighted by Gasteiger charge is 2.32. The Morgan fingerprint density at radius 3 is 2.81 bits per heavy atom. The third-order valence-electron chi connectivity index (χ3n) is 4.76. The van der Waals surface area contributed by atoms with Crippen molar-refractivity contribution in [1.29, 1.82) is 0 Å². The van der Waals surface area contributed by atoms with Crippen LogP contribution in [0.4, 0.5) is 10.5 Å². The summed E-state index contributed by atoms with van der Waals surface area (Å²) in [5.74, 6) is 2.49. The highest BCUT2D eigenvalue weighted by atomic mass is 16.6. The number of urea groups is 1. The number of aromatic nitrogens is 1. The van der Waals surface area contributed by atoms with E-state index in [1.54, 1.807) is 6.07 Å². The predicted molar refractivity (Wildman–Crippen MR) is 95.7 cm³/mol. The molecule has 1 unspecified atom stereocenters. The number of fused-ring (bicyclic) bond motifs is 1. The summed E-state index contributed by atoms with van der Waals surface area (Å²) in [7, 11) is 0. The molecule has 0 saturated carbocycles. The average molecular weight is 357 g/mol. The normalized spacial score (nSPS) is 19.0. The van der Waals surface area contributed by atoms with Gasteiger partial charge < -0.3 is 24.2 Å². The number of benzene rings is 1. The van der Waals surface area contributed by atoms with Crippen molar-refractivity contribution in [2.24, 2.45) is 0 Å². The van der Waals surface area contributed by atoms with E-state index in [1.807, 2.05) is 23.1 Å². The lowest BCUT2D eigenvalue weighted by molar-refractivity contribution is 0.171. The van der Waals surface area contributed by atoms with Crippen molar-refractivity contribution < 1.29 is 18.8 Å². The van der Waals surface area contributed by atoms with Gasteiger partial charge in [0.15, 0.2) is 11.5 Å². The second-order valence-corrected chi connectivity index (χ2v) is 6.95. The van der Waals surface area contributed by atoms with Crippen molar-refractivity contribution in [3.8, 4) is 11.5 Å². The smallest absolute Gasteiger partial charge is 0.322 e. The lowest BCUT2D eigenvalue weighted by Gasteiger charge is -2.24. The van der Waals surface area contributed by atoms with Crippen LogP contribution in [0.1, 0.15) is 50.1 Å². The Balaban J connectivity index is 1.48. The molecule has 1 fully saturated rings. The van der Waals surface area contributed by atoms with Gasteiger partial charge in [-0.15, -0.1) is 0 Å². The van der Waals surface area contributed by atoms with Gasteiger partial charge in [-0.05, 0) is 25.0 Å². The molecule has 7 heteroatoms. The third-order valence-corrected chi connectivity index (χ3v) is 4.76. The quantitative estimate of drug-likeness (QED) is 0.900. The Kier molecular flexibility index (Phi) is 4.44. The van der Waals surface area contributed by atoms with Gasteiger partial charge in [-0.25, -0.2) is 4.79 Å². The Bertz CT molecular complexity index is 802. The number of amides is 2. The van der Waals surface area contributed by atoms with E-state index in [-0.39, 0.29) is 18.0 Å². The molecule has 0 radical (unpaired) electrons. The second kappa shape index (κ2) is 6.90. The number of carbonyl (C=O) groups excluding carboxylic acids is 1. The molecular weight excluding hydrogens is 334 g/mol. The first-order chi connectivity index (χ1) is 12.6. The van der Waals surface area contributed by atoms with Crippen molar-refractivity contribution >= 4 is 11.7 Å². The van der Waals surface area contributed by atoms with E-state index in [2.05, 4.69) is 24.3 Å². The first kappa shape index (κ1) is 16.8. The van der Waals surface area contributed by atoms with E-state index in [0.29, 0.717) is 36.9 Å². The van der Waals surface area contributed by atoms with Crippen LogP contribution < -0.4 is 14.8 Å². The second-order valence-electron chi connectivity index (χ2n) is 6.95. The first-order valence-corrected chi connectivity index (χ1v) is 9.05. The van der Waals surface area contributed by atoms with Gasteiger partial charge in [0.1, 0.15) is 24.7 Å². The van der Waals surface area contributed by atoms with Gasteiger partial charge in [0.2, 0.25) is 0 Å². The number of carbonyl (C=O) groups is 1. The summed E-state index contributed by atoms with van der Waals surface area (Å²) in [5, 5.41) is 7.14. The number of rotatable bonds is 3. The molecule has 1 aromatic heterocycles. The van der Waals surface area contributed by atoms with Crippen molar-refractivity contribution in [2.75, 3.05) is 25.1 Å². The molecule has 0 bridgehead atoms. The molecule has 1 aromatic carbocycles. The van der Waals surface area contributed by atoms with E-state index in [4.69, 9.17) is 14.0 Å². The summed E-state index contributed by atoms with van der Waals surface area (Å²) in [6.07, 6.45) is 1.84. The summed E-state index contributed by atoms with van der Waals surface area (Å²) >= 11 is 0. The maximum atomic E-state index is 12.8. The average Bonchev–Trinajstić information content (AvgIpc) is 3.30. The standard InChI is InChI=1S/C19H23N3O4/c1-12(2)17-11-14(21-26-17)15-4-3-7-22(15)19(23)20-13-5-6-16-18(10-13)25-9-8-24-16/h5-6,10-12,15H,3-4,7-9H2,1-2H3,(H,20,23). The molecule has 26 heavy (non-hydrogen) atoms. The molecule has 0 spiro atoms. The largest absolute Gasteiger partial charge is 0.486 e. The molecule has 7 nitrogen and oxygen atoms in total. The minimum Gasteiger partial charge on any atom is -0.486 e. The molecule has 2 aromatic rings. The summed E-state index contributed by atoms with van der Waals surface area (Å²) < 4.78 is 16.5. The maximum Gasteiger partial charge on any atom is 0.322 e. The molecule has 0 aliphatic carbocycles. The van der Waals surface area contributed by atoms with E-state index in [9.17, 15) is 4.79 Å². The number of nitrogens with one attached hydrogen (secondary N) is 1. The van der Waals surface area contributed by atoms with E-state index in [0.717, 1.165) is 24.3 Å². The van der Waals surface area contributed by atoms with Gasteiger partial charge in [-0.2, -0.15) is 0 Å². The Morgan fingerprint density at radius 1 is 1.23 bits per heavy atom. The van der Waals surface area contributed by atoms with Gasteiger partial charge in [-0.1, -0.05) is 19.0 Å². The molecule has 2 aliphatic rings. The van der Waals surface area contributed by atoms with Crippen LogP contribution in [-0.2, 0) is 0 Å². The van der Waals surface area contributed by atoms with Crippen LogP contribution in [-0.4, -0.2) is 35.8 Å². The fourth-order valence-corrected chi connectivity index (χ4v) is 3.37. The fraction of sp³-hybridized carbons (Fsp3) is 0.474. The summed E-state index contributed by atoms with van der Waals surface area (Å²) in [4.78, 5) is 14.6. The number of ether oxygens (including phenoxy) is 2. The van der Waals surface area contributed by atoms with Crippen molar-refractivity contribution in [1.82, 2.24) is 10.1 Å². The van der Waals surface area contributed by atoms with E-state index >= 15 is 0 Å². The van der Waals surface area contributed by atoms with Gasteiger partial charge in [-0.3, -0.25) is 0 Å². The molecular formula is C19H23N3O4. The lowest BCUT2D eigenvalue weighted by Crippen LogP contribution is -2.34. The van der Waals surface area contributed by atoms with Crippen LogP contribution in [0.2, 0.25) is 0 Å². The van der Waals surface area contributed by atoms with Crippen molar-refractivity contribution in [3.63, 3.8) is 0 Å². The lowest BCUT2D eigenvalue weighted by atomic mass is 10.1. The zero-order valence-corrected chi connectivity index (χ0v) is 15.0.